The van der Waals surface area contributed by atoms with Crippen molar-refractivity contribution in [3.8, 4) is 0 Å². The summed E-state index contributed by atoms with van der Waals surface area (Å²) in [6.07, 6.45) is 1.55. The molecule has 3 saturated heterocycles. The number of ether oxygens (including phenoxy) is 1. The average Bonchev–Trinajstić information content (AvgIpc) is 3.58. The van der Waals surface area contributed by atoms with Gasteiger partial charge in [0.25, 0.3) is 0 Å². The molecule has 6 rings (SSSR count). The number of imide groups is 1. The second-order valence-electron chi connectivity index (χ2n) is 9.69. The first-order valence-corrected chi connectivity index (χ1v) is 12.8. The zero-order chi connectivity index (χ0) is 25.0. The molecule has 4 aliphatic rings. The quantitative estimate of drug-likeness (QED) is 0.487. The Hall–Kier alpha value is -2.75. The van der Waals surface area contributed by atoms with E-state index in [9.17, 15) is 19.2 Å². The minimum absolute atomic E-state index is 0.230. The Morgan fingerprint density at radius 3 is 2.63 bits per heavy atom. The Morgan fingerprint density at radius 2 is 1.91 bits per heavy atom. The van der Waals surface area contributed by atoms with Crippen LogP contribution in [0.15, 0.2) is 12.1 Å². The molecule has 1 aromatic heterocycles. The van der Waals surface area contributed by atoms with Crippen molar-refractivity contribution in [1.82, 2.24) is 4.90 Å². The van der Waals surface area contributed by atoms with Gasteiger partial charge in [-0.2, -0.15) is 0 Å². The first-order chi connectivity index (χ1) is 16.7. The highest BCUT2D eigenvalue weighted by atomic mass is 35.5. The van der Waals surface area contributed by atoms with Crippen LogP contribution in [0.5, 0.6) is 0 Å². The molecule has 8 nitrogen and oxygen atoms in total. The predicted molar refractivity (Wildman–Crippen MR) is 131 cm³/mol. The summed E-state index contributed by atoms with van der Waals surface area (Å²) in [5, 5.41) is 3.79. The number of carbonyl (C=O) groups excluding carboxylic acids is 4. The molecule has 0 radical (unpaired) electrons. The lowest BCUT2D eigenvalue weighted by atomic mass is 9.75. The van der Waals surface area contributed by atoms with E-state index in [0.29, 0.717) is 28.4 Å². The van der Waals surface area contributed by atoms with Crippen LogP contribution in [0.25, 0.3) is 0 Å². The maximum Gasteiger partial charge on any atom is 0.341 e. The fraction of sp³-hybridized carbons (Fsp3) is 0.440. The Balaban J connectivity index is 1.57. The molecule has 3 amide bonds. The maximum absolute atomic E-state index is 14.2. The first kappa shape index (κ1) is 22.7. The third-order valence-electron chi connectivity index (χ3n) is 8.32. The van der Waals surface area contributed by atoms with Crippen LogP contribution < -0.4 is 10.2 Å². The van der Waals surface area contributed by atoms with Gasteiger partial charge in [-0.15, -0.1) is 11.3 Å². The van der Waals surface area contributed by atoms with Crippen molar-refractivity contribution in [3.63, 3.8) is 0 Å². The van der Waals surface area contributed by atoms with E-state index < -0.39 is 29.3 Å². The van der Waals surface area contributed by atoms with Gasteiger partial charge in [-0.3, -0.25) is 19.3 Å². The van der Waals surface area contributed by atoms with Crippen molar-refractivity contribution in [1.29, 1.82) is 0 Å². The van der Waals surface area contributed by atoms with E-state index in [0.717, 1.165) is 28.2 Å². The lowest BCUT2D eigenvalue weighted by molar-refractivity contribution is -0.135. The number of anilines is 2. The SMILES string of the molecule is COC(=O)c1c(N2C(=O)[C@@H]3[C@@H]4CCCN4[C@@]4(C(=O)Nc5c4ccc(Cl)c5C)[C@H]3C2=O)sc(C)c1C. The molecule has 182 valence electrons. The monoisotopic (exact) mass is 513 g/mol. The van der Waals surface area contributed by atoms with Gasteiger partial charge in [0.2, 0.25) is 17.7 Å². The predicted octanol–water partition coefficient (Wildman–Crippen LogP) is 3.54. The van der Waals surface area contributed by atoms with Gasteiger partial charge in [0.1, 0.15) is 10.5 Å². The Kier molecular flexibility index (Phi) is 4.79. The fourth-order valence-corrected chi connectivity index (χ4v) is 8.01. The number of carbonyl (C=O) groups is 4. The molecule has 0 saturated carbocycles. The first-order valence-electron chi connectivity index (χ1n) is 11.6. The molecule has 1 spiro atoms. The minimum Gasteiger partial charge on any atom is -0.465 e. The summed E-state index contributed by atoms with van der Waals surface area (Å²) in [5.74, 6) is -3.26. The molecule has 1 N–H and O–H groups in total. The zero-order valence-electron chi connectivity index (χ0n) is 19.7. The smallest absolute Gasteiger partial charge is 0.341 e. The summed E-state index contributed by atoms with van der Waals surface area (Å²) in [6.45, 7) is 6.08. The lowest BCUT2D eigenvalue weighted by Crippen LogP contribution is -2.54. The van der Waals surface area contributed by atoms with Gasteiger partial charge in [0, 0.05) is 21.5 Å². The number of methoxy groups -OCH3 is 1. The highest BCUT2D eigenvalue weighted by Crippen LogP contribution is 2.61. The molecular formula is C25H24ClN3O5S. The fourth-order valence-electron chi connectivity index (χ4n) is 6.70. The number of rotatable bonds is 2. The Bertz CT molecular complexity index is 1370. The van der Waals surface area contributed by atoms with E-state index in [2.05, 4.69) is 10.2 Å². The van der Waals surface area contributed by atoms with Crippen LogP contribution in [-0.4, -0.2) is 48.3 Å². The third kappa shape index (κ3) is 2.56. The van der Waals surface area contributed by atoms with Crippen LogP contribution in [0.1, 0.15) is 44.8 Å². The molecule has 10 heteroatoms. The lowest BCUT2D eigenvalue weighted by Gasteiger charge is -2.36. The van der Waals surface area contributed by atoms with E-state index >= 15 is 0 Å². The van der Waals surface area contributed by atoms with Crippen LogP contribution in [0.3, 0.4) is 0 Å². The molecule has 4 atom stereocenters. The average molecular weight is 514 g/mol. The van der Waals surface area contributed by atoms with Gasteiger partial charge in [-0.1, -0.05) is 17.7 Å². The number of nitrogens with one attached hydrogen (secondary N) is 1. The molecule has 1 aromatic carbocycles. The standard InChI is InChI=1S/C25H24ClN3O5S/c1-10-12(3)35-22(16(10)23(32)34-4)29-20(30)17-15-6-5-9-28(15)25(18(17)21(29)31)13-7-8-14(26)11(2)19(13)27-24(25)33/h7-8,15,17-18H,5-6,9H2,1-4H3,(H,27,33)/t15-,17+,18+,25+/m0/s1. The van der Waals surface area contributed by atoms with Crippen LogP contribution in [0, 0.1) is 32.6 Å². The largest absolute Gasteiger partial charge is 0.465 e. The number of benzene rings is 1. The second-order valence-corrected chi connectivity index (χ2v) is 11.3. The molecule has 2 aromatic rings. The van der Waals surface area contributed by atoms with Crippen LogP contribution in [0.4, 0.5) is 10.7 Å². The molecule has 35 heavy (non-hydrogen) atoms. The number of nitrogens with zero attached hydrogens (tertiary/aromatic N) is 2. The molecule has 0 aliphatic carbocycles. The molecule has 4 aliphatic heterocycles. The van der Waals surface area contributed by atoms with Crippen LogP contribution in [-0.2, 0) is 24.7 Å². The number of aryl methyl sites for hydroxylation is 1. The van der Waals surface area contributed by atoms with Crippen LogP contribution >= 0.6 is 22.9 Å². The number of thiophene rings is 1. The van der Waals surface area contributed by atoms with E-state index in [1.54, 1.807) is 19.1 Å². The normalized spacial score (nSPS) is 29.1. The summed E-state index contributed by atoms with van der Waals surface area (Å²) >= 11 is 7.58. The van der Waals surface area contributed by atoms with Crippen molar-refractivity contribution >= 4 is 57.3 Å². The van der Waals surface area contributed by atoms with Crippen LogP contribution in [0.2, 0.25) is 5.02 Å². The number of hydrogen-bond acceptors (Lipinski definition) is 7. The summed E-state index contributed by atoms with van der Waals surface area (Å²) < 4.78 is 4.98. The zero-order valence-corrected chi connectivity index (χ0v) is 21.3. The number of amides is 3. The number of hydrogen-bond donors (Lipinski definition) is 1. The van der Waals surface area contributed by atoms with E-state index in [1.807, 2.05) is 13.8 Å². The van der Waals surface area contributed by atoms with E-state index in [-0.39, 0.29) is 28.4 Å². The summed E-state index contributed by atoms with van der Waals surface area (Å²) in [5.41, 5.74) is 1.67. The van der Waals surface area contributed by atoms with Gasteiger partial charge in [-0.25, -0.2) is 9.69 Å². The minimum atomic E-state index is -1.29. The topological polar surface area (TPSA) is 96.0 Å². The highest BCUT2D eigenvalue weighted by molar-refractivity contribution is 7.17. The molecule has 5 heterocycles. The van der Waals surface area contributed by atoms with Gasteiger partial charge in [0.05, 0.1) is 30.2 Å². The number of fused-ring (bicyclic) bond motifs is 7. The van der Waals surface area contributed by atoms with Gasteiger partial charge < -0.3 is 10.1 Å². The molecule has 0 unspecified atom stereocenters. The number of esters is 1. The Morgan fingerprint density at radius 1 is 1.17 bits per heavy atom. The van der Waals surface area contributed by atoms with Gasteiger partial charge in [0.15, 0.2) is 0 Å². The van der Waals surface area contributed by atoms with Crippen molar-refractivity contribution in [2.24, 2.45) is 11.8 Å². The van der Waals surface area contributed by atoms with Gasteiger partial charge >= 0.3 is 5.97 Å². The maximum atomic E-state index is 14.2. The van der Waals surface area contributed by atoms with Crippen molar-refractivity contribution in [2.75, 3.05) is 23.9 Å². The summed E-state index contributed by atoms with van der Waals surface area (Å²) in [7, 11) is 1.28. The van der Waals surface area contributed by atoms with Crippen molar-refractivity contribution in [3.05, 3.63) is 44.3 Å². The third-order valence-corrected chi connectivity index (χ3v) is 9.92. The summed E-state index contributed by atoms with van der Waals surface area (Å²) in [4.78, 5) is 58.7. The van der Waals surface area contributed by atoms with E-state index in [1.165, 1.54) is 18.4 Å². The van der Waals surface area contributed by atoms with Gasteiger partial charge in [-0.05, 0) is 57.4 Å². The molecule has 3 fully saturated rings. The highest BCUT2D eigenvalue weighted by Gasteiger charge is 2.75. The summed E-state index contributed by atoms with van der Waals surface area (Å²) in [6, 6.07) is 3.31. The second kappa shape index (κ2) is 7.38. The molecule has 0 bridgehead atoms. The Labute approximate surface area is 211 Å². The molecular weight excluding hydrogens is 490 g/mol. The van der Waals surface area contributed by atoms with Crippen molar-refractivity contribution < 1.29 is 23.9 Å². The number of halogens is 1. The van der Waals surface area contributed by atoms with E-state index in [4.69, 9.17) is 16.3 Å². The van der Waals surface area contributed by atoms with Crippen molar-refractivity contribution in [2.45, 2.75) is 45.2 Å².